The number of carboxylic acids is 1. The zero-order chi connectivity index (χ0) is 15.1. The van der Waals surface area contributed by atoms with Crippen molar-refractivity contribution in [2.24, 2.45) is 0 Å². The minimum atomic E-state index is -1.04. The molecule has 20 heavy (non-hydrogen) atoms. The molecule has 1 rings (SSSR count). The highest BCUT2D eigenvalue weighted by molar-refractivity contribution is 5.91. The van der Waals surface area contributed by atoms with Crippen LogP contribution >= 0.6 is 0 Å². The third-order valence-electron chi connectivity index (χ3n) is 2.61. The molecule has 0 aliphatic carbocycles. The van der Waals surface area contributed by atoms with Crippen molar-refractivity contribution in [1.29, 1.82) is 0 Å². The number of aliphatic carboxylic acids is 1. The van der Waals surface area contributed by atoms with Crippen LogP contribution in [0.1, 0.15) is 20.8 Å². The number of ether oxygens (including phenoxy) is 1. The quantitative estimate of drug-likeness (QED) is 0.838. The van der Waals surface area contributed by atoms with Crippen LogP contribution in [0.2, 0.25) is 0 Å². The Morgan fingerprint density at radius 2 is 1.90 bits per heavy atom. The van der Waals surface area contributed by atoms with Crippen LogP contribution in [0.4, 0.5) is 10.5 Å². The molecule has 0 atom stereocenters. The van der Waals surface area contributed by atoms with E-state index in [1.807, 2.05) is 6.92 Å². The smallest absolute Gasteiger partial charge is 0.323 e. The first-order chi connectivity index (χ1) is 9.43. The van der Waals surface area contributed by atoms with Crippen LogP contribution in [0.25, 0.3) is 0 Å². The van der Waals surface area contributed by atoms with Gasteiger partial charge in [-0.2, -0.15) is 0 Å². The van der Waals surface area contributed by atoms with Gasteiger partial charge in [-0.25, -0.2) is 4.79 Å². The second-order valence-corrected chi connectivity index (χ2v) is 4.50. The molecule has 1 aromatic carbocycles. The fraction of sp³-hybridized carbons (Fsp3) is 0.429. The number of urea groups is 1. The van der Waals surface area contributed by atoms with Gasteiger partial charge in [0, 0.05) is 11.7 Å². The van der Waals surface area contributed by atoms with Crippen molar-refractivity contribution >= 4 is 17.7 Å². The van der Waals surface area contributed by atoms with Gasteiger partial charge in [0.1, 0.15) is 12.3 Å². The van der Waals surface area contributed by atoms with Crippen molar-refractivity contribution in [3.8, 4) is 5.75 Å². The van der Waals surface area contributed by atoms with Crippen molar-refractivity contribution in [2.75, 3.05) is 18.5 Å². The number of hydrogen-bond acceptors (Lipinski definition) is 3. The molecule has 0 fully saturated rings. The van der Waals surface area contributed by atoms with E-state index in [-0.39, 0.29) is 12.6 Å². The van der Waals surface area contributed by atoms with Crippen molar-refractivity contribution in [1.82, 2.24) is 4.90 Å². The first-order valence-corrected chi connectivity index (χ1v) is 6.46. The summed E-state index contributed by atoms with van der Waals surface area (Å²) in [6, 6.07) is 6.27. The van der Waals surface area contributed by atoms with E-state index in [0.717, 1.165) is 5.75 Å². The highest BCUT2D eigenvalue weighted by Crippen LogP contribution is 2.16. The normalized spacial score (nSPS) is 10.2. The average Bonchev–Trinajstić information content (AvgIpc) is 2.38. The van der Waals surface area contributed by atoms with Crippen molar-refractivity contribution in [3.63, 3.8) is 0 Å². The van der Waals surface area contributed by atoms with Gasteiger partial charge in [-0.15, -0.1) is 0 Å². The predicted molar refractivity (Wildman–Crippen MR) is 76.1 cm³/mol. The summed E-state index contributed by atoms with van der Waals surface area (Å²) in [6.45, 7) is 5.66. The number of anilines is 1. The predicted octanol–water partition coefficient (Wildman–Crippen LogP) is 2.41. The van der Waals surface area contributed by atoms with Gasteiger partial charge in [-0.3, -0.25) is 4.79 Å². The van der Waals surface area contributed by atoms with Crippen LogP contribution in [-0.2, 0) is 4.79 Å². The van der Waals surface area contributed by atoms with Crippen LogP contribution < -0.4 is 10.1 Å². The topological polar surface area (TPSA) is 78.9 Å². The maximum atomic E-state index is 12.0. The first kappa shape index (κ1) is 15.8. The van der Waals surface area contributed by atoms with Crippen LogP contribution in [-0.4, -0.2) is 41.2 Å². The van der Waals surface area contributed by atoms with E-state index in [9.17, 15) is 9.59 Å². The number of nitrogens with one attached hydrogen (secondary N) is 1. The van der Waals surface area contributed by atoms with Gasteiger partial charge in [0.05, 0.1) is 6.61 Å². The van der Waals surface area contributed by atoms with E-state index in [0.29, 0.717) is 12.3 Å². The minimum absolute atomic E-state index is 0.200. The Kier molecular flexibility index (Phi) is 5.83. The lowest BCUT2D eigenvalue weighted by molar-refractivity contribution is -0.137. The summed E-state index contributed by atoms with van der Waals surface area (Å²) in [5, 5.41) is 11.5. The number of nitrogens with zero attached hydrogens (tertiary/aromatic N) is 1. The highest BCUT2D eigenvalue weighted by Gasteiger charge is 2.19. The molecule has 0 heterocycles. The van der Waals surface area contributed by atoms with Crippen molar-refractivity contribution in [3.05, 3.63) is 24.3 Å². The molecular formula is C14H20N2O4. The van der Waals surface area contributed by atoms with Crippen LogP contribution in [0.5, 0.6) is 5.75 Å². The lowest BCUT2D eigenvalue weighted by Gasteiger charge is -2.25. The SMILES string of the molecule is CCOc1ccc(NC(=O)N(CC(=O)O)C(C)C)cc1. The summed E-state index contributed by atoms with van der Waals surface area (Å²) < 4.78 is 5.30. The summed E-state index contributed by atoms with van der Waals surface area (Å²) in [7, 11) is 0. The van der Waals surface area contributed by atoms with E-state index >= 15 is 0 Å². The number of benzene rings is 1. The van der Waals surface area contributed by atoms with Gasteiger partial charge in [-0.1, -0.05) is 0 Å². The summed E-state index contributed by atoms with van der Waals surface area (Å²) in [5.41, 5.74) is 0.592. The number of carboxylic acid groups (broad SMARTS) is 1. The molecule has 0 aliphatic heterocycles. The zero-order valence-electron chi connectivity index (χ0n) is 11.9. The Balaban J connectivity index is 2.69. The third-order valence-corrected chi connectivity index (χ3v) is 2.61. The molecule has 0 aliphatic rings. The molecule has 2 N–H and O–H groups in total. The number of rotatable bonds is 6. The number of amides is 2. The highest BCUT2D eigenvalue weighted by atomic mass is 16.5. The molecule has 6 nitrogen and oxygen atoms in total. The van der Waals surface area contributed by atoms with E-state index in [1.165, 1.54) is 4.90 Å². The number of carbonyl (C=O) groups excluding carboxylic acids is 1. The molecule has 0 aromatic heterocycles. The van der Waals surface area contributed by atoms with E-state index < -0.39 is 12.0 Å². The Bertz CT molecular complexity index is 457. The Hall–Kier alpha value is -2.24. The molecule has 6 heteroatoms. The van der Waals surface area contributed by atoms with Gasteiger partial charge in [0.2, 0.25) is 0 Å². The molecule has 1 aromatic rings. The van der Waals surface area contributed by atoms with E-state index in [1.54, 1.807) is 38.1 Å². The average molecular weight is 280 g/mol. The fourth-order valence-corrected chi connectivity index (χ4v) is 1.63. The van der Waals surface area contributed by atoms with Gasteiger partial charge in [-0.05, 0) is 45.0 Å². The summed E-state index contributed by atoms with van der Waals surface area (Å²) in [4.78, 5) is 24.0. The molecule has 0 saturated heterocycles. The Morgan fingerprint density at radius 1 is 1.30 bits per heavy atom. The van der Waals surface area contributed by atoms with Crippen LogP contribution in [0, 0.1) is 0 Å². The molecule has 2 amide bonds. The van der Waals surface area contributed by atoms with Gasteiger partial charge in [0.15, 0.2) is 0 Å². The standard InChI is InChI=1S/C14H20N2O4/c1-4-20-12-7-5-11(6-8-12)15-14(19)16(10(2)3)9-13(17)18/h5-8,10H,4,9H2,1-3H3,(H,15,19)(H,17,18). The Morgan fingerprint density at radius 3 is 2.35 bits per heavy atom. The van der Waals surface area contributed by atoms with Gasteiger partial charge in [0.25, 0.3) is 0 Å². The van der Waals surface area contributed by atoms with E-state index in [2.05, 4.69) is 5.32 Å². The second-order valence-electron chi connectivity index (χ2n) is 4.50. The Labute approximate surface area is 118 Å². The minimum Gasteiger partial charge on any atom is -0.494 e. The van der Waals surface area contributed by atoms with Crippen LogP contribution in [0.15, 0.2) is 24.3 Å². The molecule has 0 radical (unpaired) electrons. The second kappa shape index (κ2) is 7.37. The molecule has 0 bridgehead atoms. The molecular weight excluding hydrogens is 260 g/mol. The first-order valence-electron chi connectivity index (χ1n) is 6.46. The van der Waals surface area contributed by atoms with Crippen LogP contribution in [0.3, 0.4) is 0 Å². The largest absolute Gasteiger partial charge is 0.494 e. The lowest BCUT2D eigenvalue weighted by Crippen LogP contribution is -2.43. The van der Waals surface area contributed by atoms with Gasteiger partial charge >= 0.3 is 12.0 Å². The summed E-state index contributed by atoms with van der Waals surface area (Å²) in [5.74, 6) is -0.322. The maximum Gasteiger partial charge on any atom is 0.323 e. The number of hydrogen-bond donors (Lipinski definition) is 2. The summed E-state index contributed by atoms with van der Waals surface area (Å²) in [6.07, 6.45) is 0. The zero-order valence-corrected chi connectivity index (χ0v) is 11.9. The summed E-state index contributed by atoms with van der Waals surface area (Å²) >= 11 is 0. The van der Waals surface area contributed by atoms with Gasteiger partial charge < -0.3 is 20.1 Å². The van der Waals surface area contributed by atoms with Crippen molar-refractivity contribution in [2.45, 2.75) is 26.8 Å². The monoisotopic (exact) mass is 280 g/mol. The van der Waals surface area contributed by atoms with E-state index in [4.69, 9.17) is 9.84 Å². The lowest BCUT2D eigenvalue weighted by atomic mass is 10.3. The molecule has 0 spiro atoms. The molecule has 0 unspecified atom stereocenters. The maximum absolute atomic E-state index is 12.0. The number of carbonyl (C=O) groups is 2. The molecule has 0 saturated carbocycles. The third kappa shape index (κ3) is 4.79. The fourth-order valence-electron chi connectivity index (χ4n) is 1.63. The molecule has 110 valence electrons. The van der Waals surface area contributed by atoms with Crippen molar-refractivity contribution < 1.29 is 19.4 Å².